The van der Waals surface area contributed by atoms with E-state index in [9.17, 15) is 15.0 Å². The lowest BCUT2D eigenvalue weighted by Crippen LogP contribution is -2.09. The minimum atomic E-state index is -0.807. The second-order valence-electron chi connectivity index (χ2n) is 4.04. The molecule has 0 spiro atoms. The zero-order chi connectivity index (χ0) is 13.8. The number of aromatic nitrogens is 2. The van der Waals surface area contributed by atoms with E-state index in [0.717, 1.165) is 0 Å². The van der Waals surface area contributed by atoms with Gasteiger partial charge in [0.15, 0.2) is 0 Å². The van der Waals surface area contributed by atoms with Crippen molar-refractivity contribution in [1.29, 1.82) is 0 Å². The number of hydrogen-bond acceptors (Lipinski definition) is 5. The van der Waals surface area contributed by atoms with E-state index in [1.54, 1.807) is 29.4 Å². The molecule has 2 N–H and O–H groups in total. The molecule has 0 amide bonds. The van der Waals surface area contributed by atoms with Gasteiger partial charge in [-0.1, -0.05) is 6.07 Å². The van der Waals surface area contributed by atoms with E-state index in [2.05, 4.69) is 9.72 Å². The zero-order valence-corrected chi connectivity index (χ0v) is 10.4. The fraction of sp³-hybridized carbons (Fsp3) is 0.231. The first-order valence-corrected chi connectivity index (χ1v) is 5.67. The number of phenols is 1. The molecule has 0 bridgehead atoms. The fourth-order valence-corrected chi connectivity index (χ4v) is 1.73. The van der Waals surface area contributed by atoms with Crippen molar-refractivity contribution < 1.29 is 19.7 Å². The van der Waals surface area contributed by atoms with E-state index in [4.69, 9.17) is 0 Å². The molecular weight excluding hydrogens is 248 g/mol. The van der Waals surface area contributed by atoms with Crippen molar-refractivity contribution in [3.8, 4) is 5.75 Å². The van der Waals surface area contributed by atoms with Crippen LogP contribution >= 0.6 is 0 Å². The third-order valence-corrected chi connectivity index (χ3v) is 2.75. The summed E-state index contributed by atoms with van der Waals surface area (Å²) in [6, 6.07) is 4.34. The zero-order valence-electron chi connectivity index (χ0n) is 10.4. The van der Waals surface area contributed by atoms with Gasteiger partial charge in [-0.3, -0.25) is 0 Å². The van der Waals surface area contributed by atoms with Gasteiger partial charge >= 0.3 is 5.97 Å². The van der Waals surface area contributed by atoms with Crippen LogP contribution in [0, 0.1) is 0 Å². The number of esters is 1. The number of hydrogen-bond donors (Lipinski definition) is 2. The Hall–Kier alpha value is -2.34. The number of aliphatic hydroxyl groups excluding tert-OH is 1. The summed E-state index contributed by atoms with van der Waals surface area (Å²) >= 11 is 0. The highest BCUT2D eigenvalue weighted by Gasteiger charge is 2.16. The molecule has 19 heavy (non-hydrogen) atoms. The van der Waals surface area contributed by atoms with Gasteiger partial charge in [-0.05, 0) is 17.7 Å². The predicted molar refractivity (Wildman–Crippen MR) is 66.6 cm³/mol. The van der Waals surface area contributed by atoms with E-state index in [0.29, 0.717) is 12.1 Å². The average Bonchev–Trinajstić information content (AvgIpc) is 2.91. The molecule has 1 aromatic carbocycles. The van der Waals surface area contributed by atoms with Gasteiger partial charge in [0, 0.05) is 12.4 Å². The highest BCUT2D eigenvalue weighted by atomic mass is 16.5. The minimum absolute atomic E-state index is 0.0321. The van der Waals surface area contributed by atoms with Gasteiger partial charge in [0.1, 0.15) is 11.3 Å². The summed E-state index contributed by atoms with van der Waals surface area (Å²) in [4.78, 5) is 15.3. The maximum absolute atomic E-state index is 11.4. The van der Waals surface area contributed by atoms with E-state index in [1.165, 1.54) is 19.2 Å². The highest BCUT2D eigenvalue weighted by molar-refractivity contribution is 5.92. The first-order chi connectivity index (χ1) is 9.11. The lowest BCUT2D eigenvalue weighted by Gasteiger charge is -2.13. The highest BCUT2D eigenvalue weighted by Crippen LogP contribution is 2.24. The van der Waals surface area contributed by atoms with E-state index in [1.807, 2.05) is 0 Å². The van der Waals surface area contributed by atoms with Gasteiger partial charge in [0.25, 0.3) is 0 Å². The number of rotatable bonds is 4. The van der Waals surface area contributed by atoms with E-state index < -0.39 is 12.1 Å². The normalized spacial score (nSPS) is 12.1. The summed E-state index contributed by atoms with van der Waals surface area (Å²) in [6.45, 7) is 0.311. The van der Waals surface area contributed by atoms with Crippen LogP contribution in [0.2, 0.25) is 0 Å². The number of carbonyl (C=O) groups is 1. The molecule has 1 aromatic heterocycles. The number of aromatic hydroxyl groups is 1. The van der Waals surface area contributed by atoms with Crippen molar-refractivity contribution in [3.05, 3.63) is 48.0 Å². The third-order valence-electron chi connectivity index (χ3n) is 2.75. The Labute approximate surface area is 109 Å². The van der Waals surface area contributed by atoms with Gasteiger partial charge in [0.2, 0.25) is 0 Å². The Balaban J connectivity index is 2.22. The minimum Gasteiger partial charge on any atom is -0.507 e. The van der Waals surface area contributed by atoms with Crippen molar-refractivity contribution in [3.63, 3.8) is 0 Å². The molecule has 2 rings (SSSR count). The smallest absolute Gasteiger partial charge is 0.341 e. The molecule has 1 heterocycles. The topological polar surface area (TPSA) is 84.6 Å². The lowest BCUT2D eigenvalue weighted by molar-refractivity contribution is 0.0597. The summed E-state index contributed by atoms with van der Waals surface area (Å²) in [5.74, 6) is -0.820. The van der Waals surface area contributed by atoms with E-state index >= 15 is 0 Å². The molecular formula is C13H14N2O4. The molecule has 1 atom stereocenters. The molecule has 0 aliphatic carbocycles. The van der Waals surface area contributed by atoms with Crippen LogP contribution in [0.5, 0.6) is 5.75 Å². The molecule has 6 heteroatoms. The number of aliphatic hydroxyl groups is 1. The molecule has 0 saturated carbocycles. The number of carbonyl (C=O) groups excluding carboxylic acids is 1. The summed E-state index contributed by atoms with van der Waals surface area (Å²) in [5.41, 5.74) is 0.552. The Bertz CT molecular complexity index is 566. The van der Waals surface area contributed by atoms with Crippen molar-refractivity contribution >= 4 is 5.97 Å². The maximum Gasteiger partial charge on any atom is 0.341 e. The first kappa shape index (κ1) is 13.1. The number of benzene rings is 1. The third kappa shape index (κ3) is 2.92. The summed E-state index contributed by atoms with van der Waals surface area (Å²) < 4.78 is 6.28. The molecule has 0 radical (unpaired) electrons. The van der Waals surface area contributed by atoms with E-state index in [-0.39, 0.29) is 11.3 Å². The molecule has 0 aliphatic heterocycles. The van der Waals surface area contributed by atoms with Gasteiger partial charge < -0.3 is 19.5 Å². The van der Waals surface area contributed by atoms with Crippen LogP contribution in [0.15, 0.2) is 36.9 Å². The van der Waals surface area contributed by atoms with Crippen LogP contribution in [0.1, 0.15) is 22.0 Å². The Morgan fingerprint density at radius 1 is 1.53 bits per heavy atom. The molecule has 6 nitrogen and oxygen atoms in total. The van der Waals surface area contributed by atoms with Gasteiger partial charge in [-0.25, -0.2) is 9.78 Å². The van der Waals surface area contributed by atoms with Crippen LogP contribution < -0.4 is 0 Å². The SMILES string of the molecule is COC(=O)c1cc(C(O)Cn2ccnc2)ccc1O. The Kier molecular flexibility index (Phi) is 3.82. The maximum atomic E-state index is 11.4. The van der Waals surface area contributed by atoms with Crippen LogP contribution in [-0.2, 0) is 11.3 Å². The number of imidazole rings is 1. The second kappa shape index (κ2) is 5.53. The van der Waals surface area contributed by atoms with Gasteiger partial charge in [0.05, 0.1) is 26.1 Å². The number of ether oxygens (including phenoxy) is 1. The molecule has 2 aromatic rings. The largest absolute Gasteiger partial charge is 0.507 e. The summed E-state index contributed by atoms with van der Waals surface area (Å²) in [5, 5.41) is 19.7. The van der Waals surface area contributed by atoms with Crippen molar-refractivity contribution in [1.82, 2.24) is 9.55 Å². The van der Waals surface area contributed by atoms with Crippen LogP contribution in [0.4, 0.5) is 0 Å². The standard InChI is InChI=1S/C13H14N2O4/c1-19-13(18)10-6-9(2-3-11(10)16)12(17)7-15-5-4-14-8-15/h2-6,8,12,16-17H,7H2,1H3. The van der Waals surface area contributed by atoms with Gasteiger partial charge in [-0.2, -0.15) is 0 Å². The molecule has 1 unspecified atom stereocenters. The van der Waals surface area contributed by atoms with Crippen molar-refractivity contribution in [2.45, 2.75) is 12.6 Å². The Morgan fingerprint density at radius 3 is 2.95 bits per heavy atom. The Morgan fingerprint density at radius 2 is 2.32 bits per heavy atom. The van der Waals surface area contributed by atoms with Crippen molar-refractivity contribution in [2.75, 3.05) is 7.11 Å². The van der Waals surface area contributed by atoms with Crippen LogP contribution in [-0.4, -0.2) is 32.8 Å². The number of phenolic OH excluding ortho intramolecular Hbond substituents is 1. The second-order valence-corrected chi connectivity index (χ2v) is 4.04. The summed E-state index contributed by atoms with van der Waals surface area (Å²) in [7, 11) is 1.23. The quantitative estimate of drug-likeness (QED) is 0.806. The number of nitrogens with zero attached hydrogens (tertiary/aromatic N) is 2. The van der Waals surface area contributed by atoms with Crippen molar-refractivity contribution in [2.24, 2.45) is 0 Å². The predicted octanol–water partition coefficient (Wildman–Crippen LogP) is 1.11. The number of methoxy groups -OCH3 is 1. The monoisotopic (exact) mass is 262 g/mol. The molecule has 0 saturated heterocycles. The molecule has 100 valence electrons. The lowest BCUT2D eigenvalue weighted by atomic mass is 10.0. The fourth-order valence-electron chi connectivity index (χ4n) is 1.73. The van der Waals surface area contributed by atoms with Gasteiger partial charge in [-0.15, -0.1) is 0 Å². The average molecular weight is 262 g/mol. The molecule has 0 aliphatic rings. The summed E-state index contributed by atoms with van der Waals surface area (Å²) in [6.07, 6.45) is 4.12. The molecule has 0 fully saturated rings. The first-order valence-electron chi connectivity index (χ1n) is 5.67. The van der Waals surface area contributed by atoms with Crippen LogP contribution in [0.3, 0.4) is 0 Å². The van der Waals surface area contributed by atoms with Crippen LogP contribution in [0.25, 0.3) is 0 Å².